The van der Waals surface area contributed by atoms with Gasteiger partial charge in [0.1, 0.15) is 0 Å². The first-order valence-electron chi connectivity index (χ1n) is 3.77. The summed E-state index contributed by atoms with van der Waals surface area (Å²) in [6.07, 6.45) is 1.65. The van der Waals surface area contributed by atoms with Gasteiger partial charge in [0.25, 0.3) is 0 Å². The van der Waals surface area contributed by atoms with Gasteiger partial charge < -0.3 is 15.0 Å². The SMILES string of the molecule is CC1OC1CC(C)[NH+](C)[O-]. The lowest BCUT2D eigenvalue weighted by atomic mass is 10.1. The molecule has 0 aliphatic carbocycles. The van der Waals surface area contributed by atoms with Gasteiger partial charge in [-0.15, -0.1) is 0 Å². The van der Waals surface area contributed by atoms with Gasteiger partial charge in [0.2, 0.25) is 0 Å². The van der Waals surface area contributed by atoms with Gasteiger partial charge in [-0.1, -0.05) is 0 Å². The maximum absolute atomic E-state index is 10.8. The predicted octanol–water partition coefficient (Wildman–Crippen LogP) is -0.435. The minimum absolute atomic E-state index is 0.176. The van der Waals surface area contributed by atoms with Gasteiger partial charge in [-0.3, -0.25) is 0 Å². The van der Waals surface area contributed by atoms with E-state index < -0.39 is 0 Å². The molecule has 1 N–H and O–H groups in total. The van der Waals surface area contributed by atoms with Crippen LogP contribution in [0, 0.1) is 5.21 Å². The van der Waals surface area contributed by atoms with Gasteiger partial charge in [0, 0.05) is 6.42 Å². The molecule has 1 rings (SSSR count). The molecular weight excluding hydrogens is 130 g/mol. The first-order valence-corrected chi connectivity index (χ1v) is 3.77. The maximum Gasteiger partial charge on any atom is 0.0895 e. The van der Waals surface area contributed by atoms with Crippen molar-refractivity contribution in [2.24, 2.45) is 0 Å². The van der Waals surface area contributed by atoms with Crippen molar-refractivity contribution in [2.75, 3.05) is 7.05 Å². The van der Waals surface area contributed by atoms with Crippen LogP contribution in [0.1, 0.15) is 20.3 Å². The van der Waals surface area contributed by atoms with E-state index in [9.17, 15) is 5.21 Å². The zero-order valence-electron chi connectivity index (χ0n) is 6.76. The quantitative estimate of drug-likeness (QED) is 0.432. The van der Waals surface area contributed by atoms with Crippen LogP contribution < -0.4 is 5.06 Å². The van der Waals surface area contributed by atoms with Gasteiger partial charge >= 0.3 is 0 Å². The molecule has 0 radical (unpaired) electrons. The molecule has 3 nitrogen and oxygen atoms in total. The summed E-state index contributed by atoms with van der Waals surface area (Å²) >= 11 is 0. The summed E-state index contributed by atoms with van der Waals surface area (Å²) in [6, 6.07) is 0.176. The molecule has 4 unspecified atom stereocenters. The first-order chi connectivity index (χ1) is 4.61. The van der Waals surface area contributed by atoms with Crippen LogP contribution >= 0.6 is 0 Å². The number of ether oxygens (including phenoxy) is 1. The molecule has 3 heteroatoms. The second-order valence-electron chi connectivity index (χ2n) is 3.13. The Balaban J connectivity index is 2.13. The molecule has 0 spiro atoms. The molecule has 1 saturated heterocycles. The van der Waals surface area contributed by atoms with Crippen LogP contribution in [0.4, 0.5) is 0 Å². The molecule has 0 aromatic heterocycles. The highest BCUT2D eigenvalue weighted by Gasteiger charge is 2.36. The van der Waals surface area contributed by atoms with Crippen molar-refractivity contribution in [3.05, 3.63) is 5.21 Å². The summed E-state index contributed by atoms with van der Waals surface area (Å²) < 4.78 is 5.19. The Morgan fingerprint density at radius 3 is 2.50 bits per heavy atom. The highest BCUT2D eigenvalue weighted by atomic mass is 16.6. The summed E-state index contributed by atoms with van der Waals surface area (Å²) in [5.41, 5.74) is 0. The Labute approximate surface area is 61.5 Å². The van der Waals surface area contributed by atoms with Crippen molar-refractivity contribution < 1.29 is 9.80 Å². The van der Waals surface area contributed by atoms with E-state index in [0.717, 1.165) is 6.42 Å². The molecule has 0 saturated carbocycles. The summed E-state index contributed by atoms with van der Waals surface area (Å²) in [5, 5.41) is 11.0. The predicted molar refractivity (Wildman–Crippen MR) is 38.7 cm³/mol. The summed E-state index contributed by atoms with van der Waals surface area (Å²) in [4.78, 5) is 0. The highest BCUT2D eigenvalue weighted by molar-refractivity contribution is 4.81. The smallest absolute Gasteiger partial charge is 0.0895 e. The van der Waals surface area contributed by atoms with Crippen molar-refractivity contribution in [2.45, 2.75) is 38.5 Å². The van der Waals surface area contributed by atoms with E-state index in [4.69, 9.17) is 4.74 Å². The number of hydrogen-bond donors (Lipinski definition) is 1. The van der Waals surface area contributed by atoms with E-state index in [1.54, 1.807) is 7.05 Å². The zero-order valence-corrected chi connectivity index (χ0v) is 6.76. The minimum Gasteiger partial charge on any atom is -0.634 e. The molecule has 0 aromatic carbocycles. The van der Waals surface area contributed by atoms with Gasteiger partial charge in [0.05, 0.1) is 25.3 Å². The standard InChI is InChI=1S/C7H15NO2/c1-5(8(3)9)4-7-6(2)10-7/h5-8H,4H2,1-3H3. The molecule has 1 heterocycles. The van der Waals surface area contributed by atoms with E-state index in [1.807, 2.05) is 13.8 Å². The number of hydroxylamine groups is 2. The van der Waals surface area contributed by atoms with Crippen molar-refractivity contribution >= 4 is 0 Å². The summed E-state index contributed by atoms with van der Waals surface area (Å²) in [7, 11) is 1.64. The molecule has 0 aromatic rings. The molecular formula is C7H15NO2. The second kappa shape index (κ2) is 2.86. The second-order valence-corrected chi connectivity index (χ2v) is 3.13. The van der Waals surface area contributed by atoms with Crippen molar-refractivity contribution in [1.29, 1.82) is 0 Å². The average Bonchev–Trinajstić information content (AvgIpc) is 2.46. The fourth-order valence-corrected chi connectivity index (χ4v) is 0.992. The van der Waals surface area contributed by atoms with Crippen LogP contribution in [0.25, 0.3) is 0 Å². The normalized spacial score (nSPS) is 37.2. The van der Waals surface area contributed by atoms with Crippen molar-refractivity contribution in [3.8, 4) is 0 Å². The Morgan fingerprint density at radius 1 is 1.70 bits per heavy atom. The summed E-state index contributed by atoms with van der Waals surface area (Å²) in [5.74, 6) is 0. The Bertz CT molecular complexity index is 116. The molecule has 1 fully saturated rings. The lowest BCUT2D eigenvalue weighted by Crippen LogP contribution is -3.07. The molecule has 0 bridgehead atoms. The molecule has 0 amide bonds. The van der Waals surface area contributed by atoms with E-state index in [0.29, 0.717) is 12.2 Å². The van der Waals surface area contributed by atoms with Crippen molar-refractivity contribution in [1.82, 2.24) is 0 Å². The topological polar surface area (TPSA) is 40.0 Å². The van der Waals surface area contributed by atoms with Crippen LogP contribution in [0.3, 0.4) is 0 Å². The Hall–Kier alpha value is -0.120. The number of hydrogen-bond acceptors (Lipinski definition) is 2. The Morgan fingerprint density at radius 2 is 2.20 bits per heavy atom. The molecule has 60 valence electrons. The highest BCUT2D eigenvalue weighted by Crippen LogP contribution is 2.24. The van der Waals surface area contributed by atoms with Crippen molar-refractivity contribution in [3.63, 3.8) is 0 Å². The van der Waals surface area contributed by atoms with Crippen LogP contribution in [-0.4, -0.2) is 25.3 Å². The van der Waals surface area contributed by atoms with E-state index in [1.165, 1.54) is 0 Å². The molecule has 4 atom stereocenters. The molecule has 1 aliphatic rings. The third-order valence-electron chi connectivity index (χ3n) is 2.12. The monoisotopic (exact) mass is 145 g/mol. The lowest BCUT2D eigenvalue weighted by molar-refractivity contribution is -0.852. The van der Waals surface area contributed by atoms with E-state index >= 15 is 0 Å². The first kappa shape index (κ1) is 7.98. The average molecular weight is 145 g/mol. The minimum atomic E-state index is 0.176. The van der Waals surface area contributed by atoms with Gasteiger partial charge in [-0.2, -0.15) is 0 Å². The van der Waals surface area contributed by atoms with Gasteiger partial charge in [0.15, 0.2) is 0 Å². The fourth-order valence-electron chi connectivity index (χ4n) is 0.992. The zero-order chi connectivity index (χ0) is 7.72. The number of epoxide rings is 1. The number of quaternary nitrogens is 1. The Kier molecular flexibility index (Phi) is 2.28. The largest absolute Gasteiger partial charge is 0.634 e. The fraction of sp³-hybridized carbons (Fsp3) is 1.00. The third kappa shape index (κ3) is 1.94. The number of rotatable bonds is 3. The van der Waals surface area contributed by atoms with E-state index in [-0.39, 0.29) is 11.1 Å². The lowest BCUT2D eigenvalue weighted by Gasteiger charge is -2.23. The number of nitrogens with one attached hydrogen (secondary N) is 1. The van der Waals surface area contributed by atoms with Crippen LogP contribution in [0.2, 0.25) is 0 Å². The van der Waals surface area contributed by atoms with Crippen LogP contribution in [-0.2, 0) is 4.74 Å². The van der Waals surface area contributed by atoms with Crippen LogP contribution in [0.15, 0.2) is 0 Å². The maximum atomic E-state index is 10.8. The molecule has 1 aliphatic heterocycles. The molecule has 10 heavy (non-hydrogen) atoms. The van der Waals surface area contributed by atoms with E-state index in [2.05, 4.69) is 0 Å². The summed E-state index contributed by atoms with van der Waals surface area (Å²) in [6.45, 7) is 3.99. The van der Waals surface area contributed by atoms with Gasteiger partial charge in [-0.05, 0) is 13.8 Å². The van der Waals surface area contributed by atoms with Gasteiger partial charge in [-0.25, -0.2) is 0 Å². The third-order valence-corrected chi connectivity index (χ3v) is 2.12. The van der Waals surface area contributed by atoms with Crippen LogP contribution in [0.5, 0.6) is 0 Å².